The molecule has 3 atom stereocenters. The first-order valence-corrected chi connectivity index (χ1v) is 18.8. The molecule has 23 heteroatoms. The zero-order valence-corrected chi connectivity index (χ0v) is 27.8. The number of carbonyl (C=O) groups excluding carboxylic acids is 1. The van der Waals surface area contributed by atoms with E-state index in [1.807, 2.05) is 0 Å². The SMILES string of the molecule is CCCCOC1C(OS(=O)(=O)C(F)(F)F)[C@H](n2cnc3c(NC(=O)c4ccccc4)ncnc32)OC1(COS(C)(=O)=O)COS(C)(=O)=O. The van der Waals surface area contributed by atoms with E-state index in [-0.39, 0.29) is 35.6 Å². The number of hydrogen-bond acceptors (Lipinski definition) is 15. The number of ether oxygens (including phenoxy) is 2. The number of fused-ring (bicyclic) bond motifs is 1. The third-order valence-corrected chi connectivity index (χ3v) is 8.84. The van der Waals surface area contributed by atoms with Gasteiger partial charge in [-0.15, -0.1) is 0 Å². The van der Waals surface area contributed by atoms with Crippen LogP contribution in [0.25, 0.3) is 11.2 Å². The molecule has 0 radical (unpaired) electrons. The number of unbranched alkanes of at least 4 members (excludes halogenated alkanes) is 1. The first-order valence-electron chi connectivity index (χ1n) is 13.8. The van der Waals surface area contributed by atoms with Crippen molar-refractivity contribution in [2.24, 2.45) is 0 Å². The van der Waals surface area contributed by atoms with Gasteiger partial charge in [0.05, 0.1) is 18.8 Å². The topological polar surface area (TPSA) is 221 Å². The van der Waals surface area contributed by atoms with Crippen molar-refractivity contribution in [1.82, 2.24) is 19.5 Å². The van der Waals surface area contributed by atoms with Gasteiger partial charge in [0, 0.05) is 12.2 Å². The molecule has 0 aliphatic carbocycles. The number of anilines is 1. The van der Waals surface area contributed by atoms with Crippen LogP contribution < -0.4 is 5.32 Å². The van der Waals surface area contributed by atoms with Crippen LogP contribution in [0.1, 0.15) is 36.4 Å². The first-order chi connectivity index (χ1) is 22.3. The summed E-state index contributed by atoms with van der Waals surface area (Å²) in [7, 11) is -15.1. The van der Waals surface area contributed by atoms with Gasteiger partial charge in [-0.1, -0.05) is 31.5 Å². The van der Waals surface area contributed by atoms with Gasteiger partial charge in [0.1, 0.15) is 31.2 Å². The standard InChI is InChI=1S/C25H30F3N5O12S3/c1-4-5-11-41-19-18(45-48(39,40)25(26,27)28)23(44-24(19,12-42-46(2,35)36)13-43-47(3,37)38)33-15-31-17-20(29-14-30-21(17)33)32-22(34)16-9-7-6-8-10-16/h6-10,14-15,18-19,23H,4-5,11-13H2,1-3H3,(H,29,30,32,34)/t18?,19?,23-/m1/s1. The summed E-state index contributed by atoms with van der Waals surface area (Å²) in [6, 6.07) is 7.92. The molecule has 3 aromatic rings. The summed E-state index contributed by atoms with van der Waals surface area (Å²) in [5.41, 5.74) is -8.51. The number of rotatable bonds is 15. The molecule has 4 rings (SSSR count). The lowest BCUT2D eigenvalue weighted by atomic mass is 9.96. The molecule has 0 bridgehead atoms. The van der Waals surface area contributed by atoms with Gasteiger partial charge >= 0.3 is 15.6 Å². The number of nitrogens with zero attached hydrogens (tertiary/aromatic N) is 4. The van der Waals surface area contributed by atoms with Crippen molar-refractivity contribution in [3.8, 4) is 0 Å². The van der Waals surface area contributed by atoms with Gasteiger partial charge in [-0.2, -0.15) is 38.4 Å². The molecule has 1 N–H and O–H groups in total. The molecule has 2 unspecified atom stereocenters. The molecule has 1 aromatic carbocycles. The molecule has 1 saturated heterocycles. The van der Waals surface area contributed by atoms with Gasteiger partial charge in [-0.25, -0.2) is 15.0 Å². The molecule has 1 aliphatic heterocycles. The number of hydrogen-bond donors (Lipinski definition) is 1. The maximum atomic E-state index is 13.7. The summed E-state index contributed by atoms with van der Waals surface area (Å²) in [6.07, 6.45) is -2.37. The molecule has 0 spiro atoms. The molecule has 2 aromatic heterocycles. The molecule has 1 amide bonds. The van der Waals surface area contributed by atoms with E-state index in [4.69, 9.17) is 17.8 Å². The minimum Gasteiger partial charge on any atom is -0.372 e. The average Bonchev–Trinajstić information content (AvgIpc) is 3.54. The van der Waals surface area contributed by atoms with Crippen LogP contribution >= 0.6 is 0 Å². The van der Waals surface area contributed by atoms with E-state index in [1.165, 1.54) is 12.1 Å². The number of alkyl halides is 3. The normalized spacial score (nSPS) is 20.2. The van der Waals surface area contributed by atoms with Crippen molar-refractivity contribution in [3.63, 3.8) is 0 Å². The van der Waals surface area contributed by atoms with E-state index >= 15 is 0 Å². The third-order valence-electron chi connectivity index (χ3n) is 6.71. The van der Waals surface area contributed by atoms with Crippen LogP contribution in [0.5, 0.6) is 0 Å². The minimum atomic E-state index is -6.42. The quantitative estimate of drug-likeness (QED) is 0.133. The third kappa shape index (κ3) is 8.82. The Hall–Kier alpha value is -3.32. The van der Waals surface area contributed by atoms with E-state index < -0.39 is 79.0 Å². The van der Waals surface area contributed by atoms with Crippen LogP contribution in [-0.4, -0.2) is 106 Å². The zero-order chi connectivity index (χ0) is 35.5. The largest absolute Gasteiger partial charge is 0.523 e. The summed E-state index contributed by atoms with van der Waals surface area (Å²) < 4.78 is 141. The Morgan fingerprint density at radius 1 is 1.00 bits per heavy atom. The van der Waals surface area contributed by atoms with Crippen molar-refractivity contribution in [3.05, 3.63) is 48.5 Å². The van der Waals surface area contributed by atoms with E-state index in [0.29, 0.717) is 18.9 Å². The maximum absolute atomic E-state index is 13.7. The Kier molecular flexibility index (Phi) is 11.1. The van der Waals surface area contributed by atoms with Crippen LogP contribution in [0.15, 0.2) is 43.0 Å². The lowest BCUT2D eigenvalue weighted by Crippen LogP contribution is -2.53. The first kappa shape index (κ1) is 37.5. The number of benzene rings is 1. The number of halogens is 3. The second-order valence-electron chi connectivity index (χ2n) is 10.5. The predicted molar refractivity (Wildman–Crippen MR) is 159 cm³/mol. The van der Waals surface area contributed by atoms with Gasteiger partial charge in [0.2, 0.25) is 0 Å². The maximum Gasteiger partial charge on any atom is 0.523 e. The Morgan fingerprint density at radius 2 is 1.62 bits per heavy atom. The summed E-state index contributed by atoms with van der Waals surface area (Å²) in [6.45, 7) is -0.774. The lowest BCUT2D eigenvalue weighted by Gasteiger charge is -2.33. The predicted octanol–water partition coefficient (Wildman–Crippen LogP) is 1.72. The highest BCUT2D eigenvalue weighted by Gasteiger charge is 2.62. The van der Waals surface area contributed by atoms with Crippen molar-refractivity contribution >= 4 is 53.2 Å². The summed E-state index contributed by atoms with van der Waals surface area (Å²) in [5, 5.41) is 2.53. The zero-order valence-electron chi connectivity index (χ0n) is 25.4. The Labute approximate surface area is 273 Å². The number of aromatic nitrogens is 4. The molecule has 17 nitrogen and oxygen atoms in total. The fourth-order valence-electron chi connectivity index (χ4n) is 4.53. The second kappa shape index (κ2) is 14.3. The Bertz CT molecular complexity index is 1910. The smallest absolute Gasteiger partial charge is 0.372 e. The van der Waals surface area contributed by atoms with Gasteiger partial charge in [0.25, 0.3) is 26.1 Å². The summed E-state index contributed by atoms with van der Waals surface area (Å²) in [5.74, 6) is -0.771. The molecule has 3 heterocycles. The van der Waals surface area contributed by atoms with Crippen LogP contribution in [0.4, 0.5) is 19.0 Å². The highest BCUT2D eigenvalue weighted by molar-refractivity contribution is 7.87. The Balaban J connectivity index is 1.88. The van der Waals surface area contributed by atoms with Gasteiger partial charge in [0.15, 0.2) is 29.3 Å². The molecule has 0 saturated carbocycles. The van der Waals surface area contributed by atoms with Gasteiger partial charge in [-0.3, -0.25) is 21.9 Å². The number of imidazole rings is 1. The van der Waals surface area contributed by atoms with Crippen molar-refractivity contribution < 1.29 is 65.2 Å². The van der Waals surface area contributed by atoms with E-state index in [9.17, 15) is 43.2 Å². The fraction of sp³-hybridized carbons (Fsp3) is 0.520. The number of amides is 1. The average molecular weight is 746 g/mol. The monoisotopic (exact) mass is 745 g/mol. The molecule has 266 valence electrons. The van der Waals surface area contributed by atoms with Crippen LogP contribution in [0.3, 0.4) is 0 Å². The summed E-state index contributed by atoms with van der Waals surface area (Å²) in [4.78, 5) is 25.0. The molecule has 1 aliphatic rings. The minimum absolute atomic E-state index is 0.136. The second-order valence-corrected chi connectivity index (χ2v) is 15.3. The highest BCUT2D eigenvalue weighted by atomic mass is 32.2. The van der Waals surface area contributed by atoms with E-state index in [0.717, 1.165) is 17.2 Å². The number of nitrogens with one attached hydrogen (secondary N) is 1. The molecule has 1 fully saturated rings. The lowest BCUT2D eigenvalue weighted by molar-refractivity contribution is -0.150. The van der Waals surface area contributed by atoms with Gasteiger partial charge in [-0.05, 0) is 18.6 Å². The van der Waals surface area contributed by atoms with Crippen molar-refractivity contribution in [2.75, 3.05) is 37.6 Å². The van der Waals surface area contributed by atoms with Crippen LogP contribution in [0, 0.1) is 0 Å². The van der Waals surface area contributed by atoms with Crippen molar-refractivity contribution in [1.29, 1.82) is 0 Å². The highest BCUT2D eigenvalue weighted by Crippen LogP contribution is 2.45. The van der Waals surface area contributed by atoms with Crippen LogP contribution in [0.2, 0.25) is 0 Å². The van der Waals surface area contributed by atoms with E-state index in [1.54, 1.807) is 25.1 Å². The fourth-order valence-corrected chi connectivity index (χ4v) is 5.95. The summed E-state index contributed by atoms with van der Waals surface area (Å²) >= 11 is 0. The van der Waals surface area contributed by atoms with Gasteiger partial charge < -0.3 is 14.8 Å². The van der Waals surface area contributed by atoms with Crippen LogP contribution in [-0.2, 0) is 52.4 Å². The van der Waals surface area contributed by atoms with Crippen molar-refractivity contribution in [2.45, 2.75) is 49.3 Å². The van der Waals surface area contributed by atoms with E-state index in [2.05, 4.69) is 24.5 Å². The number of carbonyl (C=O) groups is 1. The Morgan fingerprint density at radius 3 is 2.19 bits per heavy atom. The molecular formula is C25H30F3N5O12S3. The molecular weight excluding hydrogens is 715 g/mol. The molecule has 48 heavy (non-hydrogen) atoms.